The van der Waals surface area contributed by atoms with Crippen molar-refractivity contribution in [1.82, 2.24) is 0 Å². The number of ether oxygens (including phenoxy) is 1. The van der Waals surface area contributed by atoms with E-state index in [9.17, 15) is 0 Å². The molecule has 0 aliphatic heterocycles. The quantitative estimate of drug-likeness (QED) is 0.782. The lowest BCUT2D eigenvalue weighted by atomic mass is 10.2. The molecule has 0 unspecified atom stereocenters. The van der Waals surface area contributed by atoms with Crippen molar-refractivity contribution in [3.8, 4) is 0 Å². The second-order valence-electron chi connectivity index (χ2n) is 3.46. The molecular weight excluding hydrogens is 220 g/mol. The van der Waals surface area contributed by atoms with Crippen molar-refractivity contribution in [3.05, 3.63) is 71.8 Å². The molecule has 0 saturated carbocycles. The summed E-state index contributed by atoms with van der Waals surface area (Å²) in [5.74, 6) is 0. The molecule has 0 amide bonds. The van der Waals surface area contributed by atoms with Crippen LogP contribution in [0, 0.1) is 0 Å². The van der Waals surface area contributed by atoms with Crippen LogP contribution in [0.15, 0.2) is 60.7 Å². The third-order valence-corrected chi connectivity index (χ3v) is 2.22. The van der Waals surface area contributed by atoms with E-state index in [1.807, 2.05) is 36.4 Å². The van der Waals surface area contributed by atoms with Gasteiger partial charge < -0.3 is 4.74 Å². The molecule has 2 heteroatoms. The van der Waals surface area contributed by atoms with E-state index in [0.29, 0.717) is 13.2 Å². The van der Waals surface area contributed by atoms with E-state index < -0.39 is 0 Å². The van der Waals surface area contributed by atoms with Crippen molar-refractivity contribution < 1.29 is 4.74 Å². The van der Waals surface area contributed by atoms with Crippen LogP contribution in [0.2, 0.25) is 0 Å². The molecule has 84 valence electrons. The van der Waals surface area contributed by atoms with Gasteiger partial charge in [0.2, 0.25) is 0 Å². The van der Waals surface area contributed by atoms with Crippen LogP contribution in [-0.2, 0) is 18.0 Å². The first-order valence-corrected chi connectivity index (χ1v) is 5.11. The van der Waals surface area contributed by atoms with Crippen LogP contribution in [0.25, 0.3) is 0 Å². The van der Waals surface area contributed by atoms with E-state index in [0.717, 1.165) is 0 Å². The lowest BCUT2D eigenvalue weighted by Crippen LogP contribution is -1.93. The van der Waals surface area contributed by atoms with E-state index in [1.54, 1.807) is 0 Å². The lowest BCUT2D eigenvalue weighted by molar-refractivity contribution is 0.107. The summed E-state index contributed by atoms with van der Waals surface area (Å²) in [6, 6.07) is 20.4. The van der Waals surface area contributed by atoms with Crippen LogP contribution in [-0.4, -0.2) is 0 Å². The fourth-order valence-corrected chi connectivity index (χ4v) is 1.44. The van der Waals surface area contributed by atoms with Crippen LogP contribution in [0.3, 0.4) is 0 Å². The van der Waals surface area contributed by atoms with Crippen molar-refractivity contribution in [3.63, 3.8) is 0 Å². The fraction of sp³-hybridized carbons (Fsp3) is 0.143. The summed E-state index contributed by atoms with van der Waals surface area (Å²) in [6.07, 6.45) is 0. The van der Waals surface area contributed by atoms with E-state index in [-0.39, 0.29) is 12.4 Å². The van der Waals surface area contributed by atoms with E-state index in [2.05, 4.69) is 24.3 Å². The minimum atomic E-state index is 0. The number of hydrogen-bond donors (Lipinski definition) is 0. The monoisotopic (exact) mass is 234 g/mol. The first-order valence-electron chi connectivity index (χ1n) is 5.11. The lowest BCUT2D eigenvalue weighted by Gasteiger charge is -2.03. The highest BCUT2D eigenvalue weighted by Gasteiger charge is 1.93. The van der Waals surface area contributed by atoms with Crippen LogP contribution < -0.4 is 0 Å². The van der Waals surface area contributed by atoms with E-state index in [4.69, 9.17) is 4.74 Å². The van der Waals surface area contributed by atoms with Crippen LogP contribution in [0.5, 0.6) is 0 Å². The molecular formula is C14H15ClO. The second kappa shape index (κ2) is 7.04. The Bertz CT molecular complexity index is 346. The molecule has 0 aromatic heterocycles. The Balaban J connectivity index is 0.00000128. The predicted octanol–water partition coefficient (Wildman–Crippen LogP) is 3.83. The molecule has 0 bridgehead atoms. The van der Waals surface area contributed by atoms with Gasteiger partial charge >= 0.3 is 0 Å². The Kier molecular flexibility index (Phi) is 5.62. The van der Waals surface area contributed by atoms with Crippen molar-refractivity contribution in [2.24, 2.45) is 0 Å². The average molecular weight is 235 g/mol. The standard InChI is InChI=1S/C14H14O.ClH/c1-3-7-13(8-4-1)11-15-12-14-9-5-2-6-10-14;/h1-10H,11-12H2;1H. The molecule has 2 aromatic carbocycles. The van der Waals surface area contributed by atoms with Crippen molar-refractivity contribution in [2.75, 3.05) is 0 Å². The molecule has 0 atom stereocenters. The highest BCUT2D eigenvalue weighted by Crippen LogP contribution is 2.05. The number of benzene rings is 2. The highest BCUT2D eigenvalue weighted by atomic mass is 35.5. The molecule has 16 heavy (non-hydrogen) atoms. The molecule has 0 aliphatic rings. The average Bonchev–Trinajstić information content (AvgIpc) is 2.32. The van der Waals surface area contributed by atoms with Crippen molar-refractivity contribution in [1.29, 1.82) is 0 Å². The van der Waals surface area contributed by atoms with Gasteiger partial charge in [-0.1, -0.05) is 60.7 Å². The minimum Gasteiger partial charge on any atom is -0.372 e. The summed E-state index contributed by atoms with van der Waals surface area (Å²) in [7, 11) is 0. The van der Waals surface area contributed by atoms with Gasteiger partial charge in [-0.3, -0.25) is 0 Å². The Morgan fingerprint density at radius 1 is 0.625 bits per heavy atom. The van der Waals surface area contributed by atoms with E-state index >= 15 is 0 Å². The van der Waals surface area contributed by atoms with Gasteiger partial charge in [-0.25, -0.2) is 0 Å². The SMILES string of the molecule is Cl.c1ccc(COCc2ccccc2)cc1. The summed E-state index contributed by atoms with van der Waals surface area (Å²) in [4.78, 5) is 0. The van der Waals surface area contributed by atoms with Crippen LogP contribution in [0.1, 0.15) is 11.1 Å². The summed E-state index contributed by atoms with van der Waals surface area (Å²) in [5.41, 5.74) is 2.43. The minimum absolute atomic E-state index is 0. The van der Waals surface area contributed by atoms with Crippen LogP contribution >= 0.6 is 12.4 Å². The molecule has 0 fully saturated rings. The molecule has 0 heterocycles. The zero-order valence-electron chi connectivity index (χ0n) is 9.00. The molecule has 0 radical (unpaired) electrons. The molecule has 0 aliphatic carbocycles. The van der Waals surface area contributed by atoms with Crippen LogP contribution in [0.4, 0.5) is 0 Å². The summed E-state index contributed by atoms with van der Waals surface area (Å²) in [6.45, 7) is 1.35. The normalized spacial score (nSPS) is 9.50. The molecule has 1 nitrogen and oxygen atoms in total. The number of hydrogen-bond acceptors (Lipinski definition) is 1. The maximum absolute atomic E-state index is 5.61. The van der Waals surface area contributed by atoms with Gasteiger partial charge in [-0.15, -0.1) is 12.4 Å². The fourth-order valence-electron chi connectivity index (χ4n) is 1.44. The number of rotatable bonds is 4. The highest BCUT2D eigenvalue weighted by molar-refractivity contribution is 5.85. The second-order valence-corrected chi connectivity index (χ2v) is 3.46. The Morgan fingerprint density at radius 2 is 1.00 bits per heavy atom. The van der Waals surface area contributed by atoms with E-state index in [1.165, 1.54) is 11.1 Å². The Labute approximate surface area is 102 Å². The smallest absolute Gasteiger partial charge is 0.0721 e. The number of halogens is 1. The zero-order chi connectivity index (χ0) is 10.3. The summed E-state index contributed by atoms with van der Waals surface area (Å²) >= 11 is 0. The van der Waals surface area contributed by atoms with Crippen molar-refractivity contribution in [2.45, 2.75) is 13.2 Å². The van der Waals surface area contributed by atoms with Gasteiger partial charge in [-0.2, -0.15) is 0 Å². The predicted molar refractivity (Wildman–Crippen MR) is 68.6 cm³/mol. The third-order valence-electron chi connectivity index (χ3n) is 2.22. The van der Waals surface area contributed by atoms with Gasteiger partial charge in [0.1, 0.15) is 0 Å². The van der Waals surface area contributed by atoms with Gasteiger partial charge in [0.15, 0.2) is 0 Å². The first-order chi connectivity index (χ1) is 7.45. The molecule has 2 aromatic rings. The Hall–Kier alpha value is -1.31. The van der Waals surface area contributed by atoms with Gasteiger partial charge in [0.05, 0.1) is 13.2 Å². The largest absolute Gasteiger partial charge is 0.372 e. The van der Waals surface area contributed by atoms with Crippen molar-refractivity contribution >= 4 is 12.4 Å². The molecule has 0 saturated heterocycles. The molecule has 0 spiro atoms. The topological polar surface area (TPSA) is 9.23 Å². The third kappa shape index (κ3) is 4.05. The zero-order valence-corrected chi connectivity index (χ0v) is 9.82. The first kappa shape index (κ1) is 12.8. The molecule has 2 rings (SSSR count). The van der Waals surface area contributed by atoms with Gasteiger partial charge in [-0.05, 0) is 11.1 Å². The molecule has 0 N–H and O–H groups in total. The Morgan fingerprint density at radius 3 is 1.38 bits per heavy atom. The summed E-state index contributed by atoms with van der Waals surface area (Å²) < 4.78 is 5.61. The van der Waals surface area contributed by atoms with Gasteiger partial charge in [0, 0.05) is 0 Å². The maximum atomic E-state index is 5.61. The maximum Gasteiger partial charge on any atom is 0.0721 e. The van der Waals surface area contributed by atoms with Gasteiger partial charge in [0.25, 0.3) is 0 Å². The summed E-state index contributed by atoms with van der Waals surface area (Å²) in [5, 5.41) is 0.